The monoisotopic (exact) mass is 276 g/mol. The van der Waals surface area contributed by atoms with Gasteiger partial charge in [0.15, 0.2) is 11.6 Å². The Morgan fingerprint density at radius 1 is 1.35 bits per heavy atom. The number of allylic oxidation sites excluding steroid dienone is 2. The normalized spacial score (nSPS) is 41.4. The largest absolute Gasteiger partial charge is 0.468 e. The molecule has 4 aliphatic rings. The van der Waals surface area contributed by atoms with Crippen molar-refractivity contribution in [3.05, 3.63) is 11.6 Å². The van der Waals surface area contributed by atoms with Gasteiger partial charge in [-0.1, -0.05) is 19.9 Å². The van der Waals surface area contributed by atoms with Crippen LogP contribution in [0, 0.1) is 28.6 Å². The second-order valence-electron chi connectivity index (χ2n) is 7.02. The van der Waals surface area contributed by atoms with Crippen LogP contribution >= 0.6 is 0 Å². The smallest absolute Gasteiger partial charge is 0.320 e. The van der Waals surface area contributed by atoms with Gasteiger partial charge in [-0.3, -0.25) is 14.4 Å². The average Bonchev–Trinajstić information content (AvgIpc) is 2.39. The first-order valence-electron chi connectivity index (χ1n) is 7.11. The molecule has 0 radical (unpaired) electrons. The van der Waals surface area contributed by atoms with Crippen LogP contribution in [-0.4, -0.2) is 24.6 Å². The van der Waals surface area contributed by atoms with Gasteiger partial charge in [-0.05, 0) is 30.3 Å². The van der Waals surface area contributed by atoms with E-state index in [1.807, 2.05) is 6.08 Å². The maximum Gasteiger partial charge on any atom is 0.320 e. The highest BCUT2D eigenvalue weighted by Gasteiger charge is 2.71. The molecule has 0 aliphatic heterocycles. The molecule has 0 N–H and O–H groups in total. The second kappa shape index (κ2) is 3.80. The van der Waals surface area contributed by atoms with Crippen LogP contribution in [0.1, 0.15) is 33.6 Å². The summed E-state index contributed by atoms with van der Waals surface area (Å²) in [5, 5.41) is 0. The molecule has 108 valence electrons. The Hall–Kier alpha value is -1.45. The minimum absolute atomic E-state index is 0.0193. The van der Waals surface area contributed by atoms with Crippen molar-refractivity contribution >= 4 is 17.5 Å². The first-order valence-corrected chi connectivity index (χ1v) is 7.11. The molecule has 20 heavy (non-hydrogen) atoms. The van der Waals surface area contributed by atoms with Crippen LogP contribution in [0.4, 0.5) is 0 Å². The standard InChI is InChI=1S/C16H20O4/c1-8-5-10-9-6-11(15(9,2)3)13(18)16(10,7-12(8)17)14(19)20-4/h5,9-11H,6-7H2,1-4H3/t9-,10+,11+,16-/m1/s1. The van der Waals surface area contributed by atoms with Crippen molar-refractivity contribution in [2.75, 3.05) is 7.11 Å². The summed E-state index contributed by atoms with van der Waals surface area (Å²) in [4.78, 5) is 37.3. The summed E-state index contributed by atoms with van der Waals surface area (Å²) >= 11 is 0. The van der Waals surface area contributed by atoms with Crippen LogP contribution in [0.5, 0.6) is 0 Å². The number of methoxy groups -OCH3 is 1. The molecule has 4 heteroatoms. The molecule has 3 saturated carbocycles. The van der Waals surface area contributed by atoms with Gasteiger partial charge in [-0.25, -0.2) is 0 Å². The highest BCUT2D eigenvalue weighted by atomic mass is 16.5. The minimum atomic E-state index is -1.26. The Morgan fingerprint density at radius 3 is 2.55 bits per heavy atom. The van der Waals surface area contributed by atoms with E-state index >= 15 is 0 Å². The lowest BCUT2D eigenvalue weighted by Gasteiger charge is -2.64. The average molecular weight is 276 g/mol. The van der Waals surface area contributed by atoms with Crippen molar-refractivity contribution in [2.24, 2.45) is 28.6 Å². The van der Waals surface area contributed by atoms with Crippen molar-refractivity contribution in [1.82, 2.24) is 0 Å². The predicted octanol–water partition coefficient (Wildman–Crippen LogP) is 1.93. The first kappa shape index (κ1) is 13.5. The molecular weight excluding hydrogens is 256 g/mol. The molecule has 0 aromatic carbocycles. The van der Waals surface area contributed by atoms with Crippen LogP contribution < -0.4 is 0 Å². The SMILES string of the molecule is COC(=O)[C@]12CC(=O)C(C)=C[C@H]1[C@H]1C[C@@H](C2=O)C1(C)C. The summed E-state index contributed by atoms with van der Waals surface area (Å²) in [6.45, 7) is 5.95. The van der Waals surface area contributed by atoms with E-state index in [0.29, 0.717) is 5.57 Å². The van der Waals surface area contributed by atoms with Gasteiger partial charge in [-0.15, -0.1) is 0 Å². The quantitative estimate of drug-likeness (QED) is 0.542. The van der Waals surface area contributed by atoms with Crippen molar-refractivity contribution in [1.29, 1.82) is 0 Å². The highest BCUT2D eigenvalue weighted by Crippen LogP contribution is 2.67. The molecule has 0 spiro atoms. The van der Waals surface area contributed by atoms with E-state index in [2.05, 4.69) is 13.8 Å². The third kappa shape index (κ3) is 1.30. The van der Waals surface area contributed by atoms with Gasteiger partial charge in [-0.2, -0.15) is 0 Å². The third-order valence-corrected chi connectivity index (χ3v) is 5.96. The fourth-order valence-corrected chi connectivity index (χ4v) is 4.54. The summed E-state index contributed by atoms with van der Waals surface area (Å²) in [7, 11) is 1.29. The summed E-state index contributed by atoms with van der Waals surface area (Å²) in [5.41, 5.74) is -0.672. The van der Waals surface area contributed by atoms with E-state index in [1.54, 1.807) is 6.92 Å². The maximum absolute atomic E-state index is 12.9. The summed E-state index contributed by atoms with van der Waals surface area (Å²) in [5.74, 6) is -0.775. The lowest BCUT2D eigenvalue weighted by molar-refractivity contribution is -0.196. The molecule has 4 aliphatic carbocycles. The molecule has 4 nitrogen and oxygen atoms in total. The lowest BCUT2D eigenvalue weighted by Crippen LogP contribution is -2.68. The Labute approximate surface area is 118 Å². The van der Waals surface area contributed by atoms with Crippen molar-refractivity contribution in [3.8, 4) is 0 Å². The van der Waals surface area contributed by atoms with E-state index in [1.165, 1.54) is 7.11 Å². The van der Waals surface area contributed by atoms with Crippen molar-refractivity contribution in [2.45, 2.75) is 33.6 Å². The molecule has 4 atom stereocenters. The second-order valence-corrected chi connectivity index (χ2v) is 7.02. The lowest BCUT2D eigenvalue weighted by atomic mass is 9.37. The number of ketones is 2. The Morgan fingerprint density at radius 2 is 2.00 bits per heavy atom. The molecule has 0 unspecified atom stereocenters. The number of hydrogen-bond acceptors (Lipinski definition) is 4. The fourth-order valence-electron chi connectivity index (χ4n) is 4.54. The number of carbonyl (C=O) groups is 3. The number of hydrogen-bond donors (Lipinski definition) is 0. The minimum Gasteiger partial charge on any atom is -0.468 e. The zero-order valence-electron chi connectivity index (χ0n) is 12.4. The molecular formula is C16H20O4. The van der Waals surface area contributed by atoms with E-state index in [-0.39, 0.29) is 41.2 Å². The molecule has 3 fully saturated rings. The molecule has 0 aromatic heterocycles. The first-order chi connectivity index (χ1) is 9.26. The highest BCUT2D eigenvalue weighted by molar-refractivity contribution is 6.13. The van der Waals surface area contributed by atoms with Crippen LogP contribution in [0.2, 0.25) is 0 Å². The summed E-state index contributed by atoms with van der Waals surface area (Å²) in [6, 6.07) is 0. The Balaban J connectivity index is 2.17. The van der Waals surface area contributed by atoms with Crippen LogP contribution in [0.3, 0.4) is 0 Å². The van der Waals surface area contributed by atoms with Gasteiger partial charge >= 0.3 is 5.97 Å². The fraction of sp³-hybridized carbons (Fsp3) is 0.688. The van der Waals surface area contributed by atoms with Gasteiger partial charge in [0.25, 0.3) is 0 Å². The van der Waals surface area contributed by atoms with Gasteiger partial charge in [0.1, 0.15) is 5.41 Å². The van der Waals surface area contributed by atoms with E-state index in [9.17, 15) is 14.4 Å². The molecule has 0 aromatic rings. The Kier molecular flexibility index (Phi) is 2.57. The van der Waals surface area contributed by atoms with Crippen LogP contribution in [0.25, 0.3) is 0 Å². The number of rotatable bonds is 1. The summed E-state index contributed by atoms with van der Waals surface area (Å²) in [6.07, 6.45) is 2.66. The van der Waals surface area contributed by atoms with Crippen LogP contribution in [-0.2, 0) is 19.1 Å². The third-order valence-electron chi connectivity index (χ3n) is 5.96. The zero-order valence-corrected chi connectivity index (χ0v) is 12.4. The summed E-state index contributed by atoms with van der Waals surface area (Å²) < 4.78 is 4.90. The van der Waals surface area contributed by atoms with Crippen molar-refractivity contribution in [3.63, 3.8) is 0 Å². The molecule has 0 heterocycles. The van der Waals surface area contributed by atoms with E-state index in [0.717, 1.165) is 6.42 Å². The Bertz CT molecular complexity index is 557. The van der Waals surface area contributed by atoms with Crippen LogP contribution in [0.15, 0.2) is 11.6 Å². The molecule has 4 rings (SSSR count). The number of Topliss-reactive ketones (excluding diaryl/α,β-unsaturated/α-hetero) is 2. The molecule has 2 bridgehead atoms. The van der Waals surface area contributed by atoms with Gasteiger partial charge in [0.2, 0.25) is 0 Å². The van der Waals surface area contributed by atoms with E-state index in [4.69, 9.17) is 4.74 Å². The zero-order chi connectivity index (χ0) is 14.9. The predicted molar refractivity (Wildman–Crippen MR) is 71.7 cm³/mol. The number of ether oxygens (including phenoxy) is 1. The van der Waals surface area contributed by atoms with Crippen molar-refractivity contribution < 1.29 is 19.1 Å². The maximum atomic E-state index is 12.9. The number of esters is 1. The topological polar surface area (TPSA) is 60.4 Å². The van der Waals surface area contributed by atoms with Gasteiger partial charge in [0, 0.05) is 18.3 Å². The van der Waals surface area contributed by atoms with E-state index < -0.39 is 11.4 Å². The van der Waals surface area contributed by atoms with Gasteiger partial charge < -0.3 is 4.74 Å². The molecule has 0 amide bonds. The molecule has 0 saturated heterocycles. The van der Waals surface area contributed by atoms with Gasteiger partial charge in [0.05, 0.1) is 7.11 Å². The number of carbonyl (C=O) groups excluding carboxylic acids is 3.